The Morgan fingerprint density at radius 3 is 2.70 bits per heavy atom. The number of ether oxygens (including phenoxy) is 1. The SMILES string of the molecule is Clc1cccc(NCCOCC=Cc2ccccc2)c1. The highest BCUT2D eigenvalue weighted by atomic mass is 35.5. The fraction of sp³-hybridized carbons (Fsp3) is 0.176. The molecule has 0 aliphatic rings. The van der Waals surface area contributed by atoms with Gasteiger partial charge in [-0.3, -0.25) is 0 Å². The fourth-order valence-corrected chi connectivity index (χ4v) is 1.96. The highest BCUT2D eigenvalue weighted by Crippen LogP contribution is 2.14. The minimum atomic E-state index is 0.617. The summed E-state index contributed by atoms with van der Waals surface area (Å²) in [4.78, 5) is 0. The van der Waals surface area contributed by atoms with Crippen LogP contribution in [0.5, 0.6) is 0 Å². The average molecular weight is 288 g/mol. The summed E-state index contributed by atoms with van der Waals surface area (Å²) in [6, 6.07) is 17.9. The van der Waals surface area contributed by atoms with Crippen LogP contribution in [0.4, 0.5) is 5.69 Å². The highest BCUT2D eigenvalue weighted by molar-refractivity contribution is 6.30. The summed E-state index contributed by atoms with van der Waals surface area (Å²) in [6.45, 7) is 2.04. The molecule has 0 saturated carbocycles. The summed E-state index contributed by atoms with van der Waals surface area (Å²) >= 11 is 5.90. The fourth-order valence-electron chi connectivity index (χ4n) is 1.77. The predicted octanol–water partition coefficient (Wildman–Crippen LogP) is 4.48. The van der Waals surface area contributed by atoms with Crippen LogP contribution in [0.15, 0.2) is 60.7 Å². The van der Waals surface area contributed by atoms with Gasteiger partial charge in [0.15, 0.2) is 0 Å². The zero-order valence-electron chi connectivity index (χ0n) is 11.3. The lowest BCUT2D eigenvalue weighted by atomic mass is 10.2. The summed E-state index contributed by atoms with van der Waals surface area (Å²) in [5.41, 5.74) is 2.20. The van der Waals surface area contributed by atoms with Crippen molar-refractivity contribution >= 4 is 23.4 Å². The largest absolute Gasteiger partial charge is 0.383 e. The van der Waals surface area contributed by atoms with Gasteiger partial charge in [-0.05, 0) is 23.8 Å². The maximum absolute atomic E-state index is 5.90. The van der Waals surface area contributed by atoms with E-state index in [0.29, 0.717) is 13.2 Å². The van der Waals surface area contributed by atoms with Gasteiger partial charge in [-0.25, -0.2) is 0 Å². The van der Waals surface area contributed by atoms with Gasteiger partial charge in [-0.1, -0.05) is 60.2 Å². The lowest BCUT2D eigenvalue weighted by molar-refractivity contribution is 0.174. The molecule has 0 amide bonds. The molecule has 3 heteroatoms. The molecule has 0 saturated heterocycles. The summed E-state index contributed by atoms with van der Waals surface area (Å²) < 4.78 is 5.53. The van der Waals surface area contributed by atoms with Crippen LogP contribution in [0.3, 0.4) is 0 Å². The third kappa shape index (κ3) is 5.47. The number of anilines is 1. The van der Waals surface area contributed by atoms with E-state index in [4.69, 9.17) is 16.3 Å². The second-order valence-corrected chi connectivity index (χ2v) is 4.76. The summed E-state index contributed by atoms with van der Waals surface area (Å²) in [6.07, 6.45) is 4.08. The second-order valence-electron chi connectivity index (χ2n) is 4.33. The van der Waals surface area contributed by atoms with Crippen molar-refractivity contribution in [3.05, 3.63) is 71.3 Å². The zero-order chi connectivity index (χ0) is 14.0. The average Bonchev–Trinajstić information content (AvgIpc) is 2.47. The molecular formula is C17H18ClNO. The lowest BCUT2D eigenvalue weighted by Crippen LogP contribution is -2.09. The first-order valence-electron chi connectivity index (χ1n) is 6.63. The first-order valence-corrected chi connectivity index (χ1v) is 7.01. The van der Waals surface area contributed by atoms with Gasteiger partial charge in [0.1, 0.15) is 0 Å². The van der Waals surface area contributed by atoms with Crippen LogP contribution in [0, 0.1) is 0 Å². The molecule has 0 fully saturated rings. The Kier molecular flexibility index (Phi) is 6.15. The maximum Gasteiger partial charge on any atom is 0.0651 e. The van der Waals surface area contributed by atoms with E-state index in [2.05, 4.69) is 23.5 Å². The number of nitrogens with one attached hydrogen (secondary N) is 1. The molecule has 0 bridgehead atoms. The number of halogens is 1. The van der Waals surface area contributed by atoms with Gasteiger partial charge in [-0.15, -0.1) is 0 Å². The molecule has 0 radical (unpaired) electrons. The van der Waals surface area contributed by atoms with Gasteiger partial charge in [-0.2, -0.15) is 0 Å². The molecule has 1 N–H and O–H groups in total. The molecule has 2 aromatic carbocycles. The Labute approximate surface area is 125 Å². The van der Waals surface area contributed by atoms with E-state index in [1.165, 1.54) is 5.56 Å². The number of benzene rings is 2. The van der Waals surface area contributed by atoms with E-state index in [1.807, 2.05) is 48.5 Å². The van der Waals surface area contributed by atoms with Crippen LogP contribution in [0.2, 0.25) is 5.02 Å². The van der Waals surface area contributed by atoms with E-state index >= 15 is 0 Å². The standard InChI is InChI=1S/C17H18ClNO/c18-16-9-4-10-17(14-16)19-11-13-20-12-5-8-15-6-2-1-3-7-15/h1-10,14,19H,11-13H2. The van der Waals surface area contributed by atoms with E-state index in [9.17, 15) is 0 Å². The van der Waals surface area contributed by atoms with Gasteiger partial charge >= 0.3 is 0 Å². The van der Waals surface area contributed by atoms with Gasteiger partial charge in [0.25, 0.3) is 0 Å². The van der Waals surface area contributed by atoms with Crippen molar-refractivity contribution in [3.63, 3.8) is 0 Å². The number of hydrogen-bond acceptors (Lipinski definition) is 2. The Morgan fingerprint density at radius 2 is 1.90 bits per heavy atom. The molecule has 0 atom stereocenters. The van der Waals surface area contributed by atoms with E-state index in [1.54, 1.807) is 0 Å². The van der Waals surface area contributed by atoms with Crippen molar-refractivity contribution in [2.45, 2.75) is 0 Å². The van der Waals surface area contributed by atoms with E-state index < -0.39 is 0 Å². The molecule has 104 valence electrons. The van der Waals surface area contributed by atoms with Crippen molar-refractivity contribution in [3.8, 4) is 0 Å². The van der Waals surface area contributed by atoms with Crippen LogP contribution >= 0.6 is 11.6 Å². The van der Waals surface area contributed by atoms with Gasteiger partial charge in [0.05, 0.1) is 13.2 Å². The normalized spacial score (nSPS) is 10.8. The van der Waals surface area contributed by atoms with Crippen LogP contribution in [0.1, 0.15) is 5.56 Å². The number of rotatable bonds is 7. The molecule has 0 aliphatic carbocycles. The molecular weight excluding hydrogens is 270 g/mol. The van der Waals surface area contributed by atoms with Gasteiger partial charge < -0.3 is 10.1 Å². The topological polar surface area (TPSA) is 21.3 Å². The van der Waals surface area contributed by atoms with Crippen molar-refractivity contribution in [1.82, 2.24) is 0 Å². The Bertz CT molecular complexity index is 540. The molecule has 0 unspecified atom stereocenters. The van der Waals surface area contributed by atoms with Crippen LogP contribution in [-0.4, -0.2) is 19.8 Å². The van der Waals surface area contributed by atoms with Crippen molar-refractivity contribution in [1.29, 1.82) is 0 Å². The van der Waals surface area contributed by atoms with Crippen LogP contribution in [-0.2, 0) is 4.74 Å². The van der Waals surface area contributed by atoms with Crippen molar-refractivity contribution < 1.29 is 4.74 Å². The summed E-state index contributed by atoms with van der Waals surface area (Å²) in [7, 11) is 0. The maximum atomic E-state index is 5.90. The first kappa shape index (κ1) is 14.6. The van der Waals surface area contributed by atoms with Crippen LogP contribution in [0.25, 0.3) is 6.08 Å². The predicted molar refractivity (Wildman–Crippen MR) is 86.2 cm³/mol. The van der Waals surface area contributed by atoms with Gasteiger partial charge in [0, 0.05) is 17.3 Å². The molecule has 2 rings (SSSR count). The van der Waals surface area contributed by atoms with Crippen molar-refractivity contribution in [2.75, 3.05) is 25.1 Å². The molecule has 0 aromatic heterocycles. The molecule has 2 aromatic rings. The van der Waals surface area contributed by atoms with E-state index in [0.717, 1.165) is 17.3 Å². The Balaban J connectivity index is 1.59. The highest BCUT2D eigenvalue weighted by Gasteiger charge is 1.92. The smallest absolute Gasteiger partial charge is 0.0651 e. The summed E-state index contributed by atoms with van der Waals surface area (Å²) in [5.74, 6) is 0. The van der Waals surface area contributed by atoms with Gasteiger partial charge in [0.2, 0.25) is 0 Å². The van der Waals surface area contributed by atoms with Crippen molar-refractivity contribution in [2.24, 2.45) is 0 Å². The molecule has 0 heterocycles. The minimum Gasteiger partial charge on any atom is -0.383 e. The molecule has 2 nitrogen and oxygen atoms in total. The molecule has 0 aliphatic heterocycles. The third-order valence-electron chi connectivity index (χ3n) is 2.72. The van der Waals surface area contributed by atoms with Crippen LogP contribution < -0.4 is 5.32 Å². The number of hydrogen-bond donors (Lipinski definition) is 1. The lowest BCUT2D eigenvalue weighted by Gasteiger charge is -2.06. The minimum absolute atomic E-state index is 0.617. The Morgan fingerprint density at radius 1 is 1.05 bits per heavy atom. The Hall–Kier alpha value is -1.77. The molecule has 20 heavy (non-hydrogen) atoms. The quantitative estimate of drug-likeness (QED) is 0.758. The molecule has 0 spiro atoms. The first-order chi connectivity index (χ1) is 9.84. The monoisotopic (exact) mass is 287 g/mol. The zero-order valence-corrected chi connectivity index (χ0v) is 12.0. The second kappa shape index (κ2) is 8.41. The van der Waals surface area contributed by atoms with E-state index in [-0.39, 0.29) is 0 Å². The third-order valence-corrected chi connectivity index (χ3v) is 2.96. The summed E-state index contributed by atoms with van der Waals surface area (Å²) in [5, 5.41) is 4.00.